The monoisotopic (exact) mass is 193 g/mol. The van der Waals surface area contributed by atoms with Gasteiger partial charge in [-0.25, -0.2) is 0 Å². The van der Waals surface area contributed by atoms with E-state index in [2.05, 4.69) is 17.4 Å². The van der Waals surface area contributed by atoms with Gasteiger partial charge in [-0.1, -0.05) is 18.2 Å². The molecule has 0 radical (unpaired) electrons. The zero-order chi connectivity index (χ0) is 9.10. The van der Waals surface area contributed by atoms with Crippen LogP contribution in [0, 0.1) is 0 Å². The van der Waals surface area contributed by atoms with Crippen molar-refractivity contribution in [2.75, 3.05) is 0 Å². The Morgan fingerprint density at radius 3 is 2.69 bits per heavy atom. The lowest BCUT2D eigenvalue weighted by Crippen LogP contribution is -2.21. The molecule has 1 aromatic rings. The molecule has 1 unspecified atom stereocenters. The number of rotatable bonds is 2. The van der Waals surface area contributed by atoms with Crippen LogP contribution >= 0.6 is 11.8 Å². The van der Waals surface area contributed by atoms with Crippen LogP contribution < -0.4 is 5.32 Å². The van der Waals surface area contributed by atoms with Gasteiger partial charge < -0.3 is 5.32 Å². The molecular weight excluding hydrogens is 182 g/mol. The van der Waals surface area contributed by atoms with Gasteiger partial charge in [-0.05, 0) is 18.6 Å². The third-order valence-electron chi connectivity index (χ3n) is 1.98. The highest BCUT2D eigenvalue weighted by Crippen LogP contribution is 2.26. The SMILES string of the molecule is O=C1CCC(Sc2ccccc2)N1. The highest BCUT2D eigenvalue weighted by atomic mass is 32.2. The zero-order valence-corrected chi connectivity index (χ0v) is 8.01. The maximum atomic E-state index is 10.9. The summed E-state index contributed by atoms with van der Waals surface area (Å²) in [6, 6.07) is 10.2. The third kappa shape index (κ3) is 2.25. The number of benzene rings is 1. The Kier molecular flexibility index (Phi) is 2.54. The van der Waals surface area contributed by atoms with Gasteiger partial charge >= 0.3 is 0 Å². The molecule has 1 fully saturated rings. The lowest BCUT2D eigenvalue weighted by Gasteiger charge is -2.08. The second-order valence-electron chi connectivity index (χ2n) is 3.03. The largest absolute Gasteiger partial charge is 0.344 e. The topological polar surface area (TPSA) is 29.1 Å². The fourth-order valence-electron chi connectivity index (χ4n) is 1.34. The molecule has 2 rings (SSSR count). The van der Waals surface area contributed by atoms with Gasteiger partial charge in [-0.15, -0.1) is 11.8 Å². The summed E-state index contributed by atoms with van der Waals surface area (Å²) in [6.45, 7) is 0. The van der Waals surface area contributed by atoms with Crippen molar-refractivity contribution < 1.29 is 4.79 Å². The van der Waals surface area contributed by atoms with Gasteiger partial charge in [0.15, 0.2) is 0 Å². The normalized spacial score (nSPS) is 21.5. The molecule has 68 valence electrons. The Bertz CT molecular complexity index is 299. The van der Waals surface area contributed by atoms with E-state index in [-0.39, 0.29) is 11.3 Å². The van der Waals surface area contributed by atoms with Crippen LogP contribution in [-0.4, -0.2) is 11.3 Å². The molecule has 1 heterocycles. The number of thioether (sulfide) groups is 1. The van der Waals surface area contributed by atoms with Gasteiger partial charge in [0, 0.05) is 11.3 Å². The fourth-order valence-corrected chi connectivity index (χ4v) is 2.41. The molecule has 1 saturated heterocycles. The summed E-state index contributed by atoms with van der Waals surface area (Å²) in [4.78, 5) is 12.1. The fraction of sp³-hybridized carbons (Fsp3) is 0.300. The van der Waals surface area contributed by atoms with Crippen molar-refractivity contribution in [3.8, 4) is 0 Å². The van der Waals surface area contributed by atoms with Crippen molar-refractivity contribution in [2.45, 2.75) is 23.1 Å². The molecule has 1 aliphatic rings. The van der Waals surface area contributed by atoms with Crippen LogP contribution in [0.25, 0.3) is 0 Å². The minimum atomic E-state index is 0.174. The molecule has 1 N–H and O–H groups in total. The van der Waals surface area contributed by atoms with Crippen molar-refractivity contribution >= 4 is 17.7 Å². The van der Waals surface area contributed by atoms with E-state index in [1.807, 2.05) is 18.2 Å². The average molecular weight is 193 g/mol. The average Bonchev–Trinajstić information content (AvgIpc) is 2.53. The Morgan fingerprint density at radius 1 is 1.31 bits per heavy atom. The number of hydrogen-bond acceptors (Lipinski definition) is 2. The maximum Gasteiger partial charge on any atom is 0.220 e. The molecule has 0 bridgehead atoms. The Morgan fingerprint density at radius 2 is 2.08 bits per heavy atom. The van der Waals surface area contributed by atoms with Crippen molar-refractivity contribution in [2.24, 2.45) is 0 Å². The summed E-state index contributed by atoms with van der Waals surface area (Å²) < 4.78 is 0. The maximum absolute atomic E-state index is 10.9. The second-order valence-corrected chi connectivity index (χ2v) is 4.30. The van der Waals surface area contributed by atoms with Gasteiger partial charge in [-0.2, -0.15) is 0 Å². The number of carbonyl (C=O) groups is 1. The molecule has 13 heavy (non-hydrogen) atoms. The lowest BCUT2D eigenvalue weighted by atomic mass is 10.4. The van der Waals surface area contributed by atoms with Crippen LogP contribution in [0.15, 0.2) is 35.2 Å². The zero-order valence-electron chi connectivity index (χ0n) is 7.19. The van der Waals surface area contributed by atoms with Gasteiger partial charge in [0.2, 0.25) is 5.91 Å². The summed E-state index contributed by atoms with van der Waals surface area (Å²) in [5, 5.41) is 3.20. The van der Waals surface area contributed by atoms with Crippen LogP contribution in [0.1, 0.15) is 12.8 Å². The van der Waals surface area contributed by atoms with Crippen molar-refractivity contribution in [3.05, 3.63) is 30.3 Å². The number of amides is 1. The van der Waals surface area contributed by atoms with E-state index < -0.39 is 0 Å². The van der Waals surface area contributed by atoms with E-state index in [1.54, 1.807) is 11.8 Å². The van der Waals surface area contributed by atoms with Gasteiger partial charge in [-0.3, -0.25) is 4.79 Å². The first-order valence-electron chi connectivity index (χ1n) is 4.36. The smallest absolute Gasteiger partial charge is 0.220 e. The van der Waals surface area contributed by atoms with E-state index >= 15 is 0 Å². The summed E-state index contributed by atoms with van der Waals surface area (Å²) in [7, 11) is 0. The van der Waals surface area contributed by atoms with E-state index in [9.17, 15) is 4.79 Å². The van der Waals surface area contributed by atoms with Crippen LogP contribution in [0.4, 0.5) is 0 Å². The molecule has 2 nitrogen and oxygen atoms in total. The predicted octanol–water partition coefficient (Wildman–Crippen LogP) is 2.01. The van der Waals surface area contributed by atoms with Gasteiger partial charge in [0.1, 0.15) is 0 Å². The van der Waals surface area contributed by atoms with E-state index in [0.29, 0.717) is 6.42 Å². The Labute approximate surface area is 81.7 Å². The Balaban J connectivity index is 1.96. The number of nitrogens with one attached hydrogen (secondary N) is 1. The van der Waals surface area contributed by atoms with E-state index in [1.165, 1.54) is 4.90 Å². The summed E-state index contributed by atoms with van der Waals surface area (Å²) in [5.74, 6) is 0.174. The first-order valence-corrected chi connectivity index (χ1v) is 5.23. The van der Waals surface area contributed by atoms with E-state index in [0.717, 1.165) is 6.42 Å². The molecule has 1 amide bonds. The first-order chi connectivity index (χ1) is 6.34. The standard InChI is InChI=1S/C10H11NOS/c12-9-6-7-10(11-9)13-8-4-2-1-3-5-8/h1-5,10H,6-7H2,(H,11,12). The van der Waals surface area contributed by atoms with Crippen LogP contribution in [0.3, 0.4) is 0 Å². The minimum absolute atomic E-state index is 0.174. The molecule has 1 aliphatic heterocycles. The van der Waals surface area contributed by atoms with Crippen LogP contribution in [-0.2, 0) is 4.79 Å². The Hall–Kier alpha value is -0.960. The molecule has 0 spiro atoms. The minimum Gasteiger partial charge on any atom is -0.344 e. The van der Waals surface area contributed by atoms with Crippen molar-refractivity contribution in [1.29, 1.82) is 0 Å². The predicted molar refractivity (Wildman–Crippen MR) is 53.5 cm³/mol. The van der Waals surface area contributed by atoms with Crippen molar-refractivity contribution in [3.63, 3.8) is 0 Å². The van der Waals surface area contributed by atoms with Crippen LogP contribution in [0.2, 0.25) is 0 Å². The summed E-state index contributed by atoms with van der Waals surface area (Å²) in [6.07, 6.45) is 1.61. The summed E-state index contributed by atoms with van der Waals surface area (Å²) in [5.41, 5.74) is 0. The molecule has 1 atom stereocenters. The number of carbonyl (C=O) groups excluding carboxylic acids is 1. The van der Waals surface area contributed by atoms with Gasteiger partial charge in [0.25, 0.3) is 0 Å². The molecule has 1 aromatic carbocycles. The highest BCUT2D eigenvalue weighted by Gasteiger charge is 2.20. The molecular formula is C10H11NOS. The third-order valence-corrected chi connectivity index (χ3v) is 3.16. The quantitative estimate of drug-likeness (QED) is 0.778. The molecule has 0 aromatic heterocycles. The number of hydrogen-bond donors (Lipinski definition) is 1. The van der Waals surface area contributed by atoms with E-state index in [4.69, 9.17) is 0 Å². The molecule has 0 aliphatic carbocycles. The first kappa shape index (κ1) is 8.63. The highest BCUT2D eigenvalue weighted by molar-refractivity contribution is 8.00. The lowest BCUT2D eigenvalue weighted by molar-refractivity contribution is -0.119. The van der Waals surface area contributed by atoms with Gasteiger partial charge in [0.05, 0.1) is 5.37 Å². The summed E-state index contributed by atoms with van der Waals surface area (Å²) >= 11 is 1.72. The molecule has 0 saturated carbocycles. The van der Waals surface area contributed by atoms with Crippen LogP contribution in [0.5, 0.6) is 0 Å². The second kappa shape index (κ2) is 3.83. The van der Waals surface area contributed by atoms with Crippen molar-refractivity contribution in [1.82, 2.24) is 5.32 Å². The molecule has 3 heteroatoms.